The van der Waals surface area contributed by atoms with Gasteiger partial charge in [-0.3, -0.25) is 9.78 Å². The van der Waals surface area contributed by atoms with Gasteiger partial charge in [0, 0.05) is 18.0 Å². The summed E-state index contributed by atoms with van der Waals surface area (Å²) in [5.41, 5.74) is 4.47. The van der Waals surface area contributed by atoms with Crippen LogP contribution in [0.1, 0.15) is 40.3 Å². The molecule has 0 bridgehead atoms. The Bertz CT molecular complexity index is 888. The van der Waals surface area contributed by atoms with Crippen LogP contribution in [0, 0.1) is 13.8 Å². The third-order valence-corrected chi connectivity index (χ3v) is 5.26. The average molecular weight is 399 g/mol. The minimum atomic E-state index is -0.113. The zero-order valence-electron chi connectivity index (χ0n) is 14.3. The number of amides is 1. The van der Waals surface area contributed by atoms with Gasteiger partial charge in [0.05, 0.1) is 27.6 Å². The Balaban J connectivity index is 1.76. The summed E-state index contributed by atoms with van der Waals surface area (Å²) in [6, 6.07) is 11.1. The number of nitrogens with zero attached hydrogens (tertiary/aromatic N) is 3. The molecule has 3 rings (SSSR count). The van der Waals surface area contributed by atoms with E-state index in [-0.39, 0.29) is 11.9 Å². The molecule has 0 radical (unpaired) electrons. The largest absolute Gasteiger partial charge is 0.345 e. The number of nitrogens with one attached hydrogen (secondary N) is 1. The van der Waals surface area contributed by atoms with Gasteiger partial charge < -0.3 is 5.32 Å². The maximum Gasteiger partial charge on any atom is 0.251 e. The predicted molar refractivity (Wildman–Crippen MR) is 101 cm³/mol. The Morgan fingerprint density at radius 3 is 2.48 bits per heavy atom. The summed E-state index contributed by atoms with van der Waals surface area (Å²) in [6.45, 7) is 5.90. The van der Waals surface area contributed by atoms with Crippen LogP contribution >= 0.6 is 15.9 Å². The summed E-state index contributed by atoms with van der Waals surface area (Å²) in [5.74, 6) is -0.113. The van der Waals surface area contributed by atoms with E-state index in [1.165, 1.54) is 0 Å². The maximum absolute atomic E-state index is 12.4. The highest BCUT2D eigenvalue weighted by Crippen LogP contribution is 2.23. The van der Waals surface area contributed by atoms with E-state index in [4.69, 9.17) is 0 Å². The number of carbonyl (C=O) groups excluding carboxylic acids is 1. The number of aromatic nitrogens is 3. The van der Waals surface area contributed by atoms with E-state index in [2.05, 4.69) is 31.3 Å². The molecule has 0 aliphatic heterocycles. The van der Waals surface area contributed by atoms with Gasteiger partial charge in [-0.1, -0.05) is 6.07 Å². The fourth-order valence-electron chi connectivity index (χ4n) is 2.62. The SMILES string of the molecule is Cc1nn(-c2ccc(C(=O)N[C@@H](C)c3cccnc3)cc2)c(C)c1Br. The minimum Gasteiger partial charge on any atom is -0.345 e. The molecule has 0 saturated heterocycles. The van der Waals surface area contributed by atoms with Gasteiger partial charge in [0.2, 0.25) is 0 Å². The van der Waals surface area contributed by atoms with Crippen molar-refractivity contribution in [2.24, 2.45) is 0 Å². The first-order valence-electron chi connectivity index (χ1n) is 8.00. The number of pyridine rings is 1. The lowest BCUT2D eigenvalue weighted by Crippen LogP contribution is -2.26. The third-order valence-electron chi connectivity index (χ3n) is 4.11. The molecule has 2 aromatic heterocycles. The van der Waals surface area contributed by atoms with Crippen molar-refractivity contribution >= 4 is 21.8 Å². The highest BCUT2D eigenvalue weighted by atomic mass is 79.9. The molecule has 5 nitrogen and oxygen atoms in total. The normalized spacial score (nSPS) is 12.0. The zero-order chi connectivity index (χ0) is 18.0. The van der Waals surface area contributed by atoms with Crippen molar-refractivity contribution in [2.45, 2.75) is 26.8 Å². The third kappa shape index (κ3) is 3.64. The van der Waals surface area contributed by atoms with Gasteiger partial charge in [0.25, 0.3) is 5.91 Å². The molecule has 1 N–H and O–H groups in total. The standard InChI is InChI=1S/C19H19BrN4O/c1-12(16-5-4-10-21-11-16)22-19(25)15-6-8-17(9-7-15)24-14(3)18(20)13(2)23-24/h4-12H,1-3H3,(H,22,25)/t12-/m0/s1. The lowest BCUT2D eigenvalue weighted by molar-refractivity contribution is 0.0940. The quantitative estimate of drug-likeness (QED) is 0.718. The van der Waals surface area contributed by atoms with Crippen LogP contribution in [0.5, 0.6) is 0 Å². The lowest BCUT2D eigenvalue weighted by atomic mass is 10.1. The molecular weight excluding hydrogens is 380 g/mol. The molecule has 25 heavy (non-hydrogen) atoms. The molecule has 0 aliphatic carbocycles. The predicted octanol–water partition coefficient (Wildman–Crippen LogP) is 4.14. The molecule has 2 heterocycles. The highest BCUT2D eigenvalue weighted by molar-refractivity contribution is 9.10. The second kappa shape index (κ2) is 7.19. The maximum atomic E-state index is 12.4. The van der Waals surface area contributed by atoms with Gasteiger partial charge in [-0.25, -0.2) is 4.68 Å². The fraction of sp³-hybridized carbons (Fsp3) is 0.211. The van der Waals surface area contributed by atoms with Crippen LogP contribution in [0.2, 0.25) is 0 Å². The van der Waals surface area contributed by atoms with Crippen LogP contribution in [0.25, 0.3) is 5.69 Å². The molecule has 1 amide bonds. The van der Waals surface area contributed by atoms with Gasteiger partial charge in [0.15, 0.2) is 0 Å². The van der Waals surface area contributed by atoms with E-state index in [1.54, 1.807) is 12.4 Å². The van der Waals surface area contributed by atoms with E-state index in [9.17, 15) is 4.79 Å². The van der Waals surface area contributed by atoms with Crippen molar-refractivity contribution in [3.63, 3.8) is 0 Å². The summed E-state index contributed by atoms with van der Waals surface area (Å²) < 4.78 is 2.86. The van der Waals surface area contributed by atoms with Crippen LogP contribution in [0.4, 0.5) is 0 Å². The minimum absolute atomic E-state index is 0.104. The summed E-state index contributed by atoms with van der Waals surface area (Å²) in [4.78, 5) is 16.5. The molecular formula is C19H19BrN4O. The van der Waals surface area contributed by atoms with E-state index in [0.29, 0.717) is 5.56 Å². The molecule has 3 aromatic rings. The van der Waals surface area contributed by atoms with Crippen molar-refractivity contribution in [3.05, 3.63) is 75.8 Å². The molecule has 0 fully saturated rings. The average Bonchev–Trinajstić information content (AvgIpc) is 2.90. The van der Waals surface area contributed by atoms with Crippen molar-refractivity contribution in [1.29, 1.82) is 0 Å². The Morgan fingerprint density at radius 2 is 1.92 bits per heavy atom. The molecule has 1 atom stereocenters. The smallest absolute Gasteiger partial charge is 0.251 e. The van der Waals surface area contributed by atoms with Crippen LogP contribution in [0.15, 0.2) is 53.3 Å². The van der Waals surface area contributed by atoms with Crippen molar-refractivity contribution < 1.29 is 4.79 Å². The van der Waals surface area contributed by atoms with Gasteiger partial charge in [-0.05, 0) is 72.6 Å². The van der Waals surface area contributed by atoms with Crippen LogP contribution < -0.4 is 5.32 Å². The number of halogens is 1. The molecule has 0 aliphatic rings. The van der Waals surface area contributed by atoms with E-state index < -0.39 is 0 Å². The van der Waals surface area contributed by atoms with Gasteiger partial charge >= 0.3 is 0 Å². The number of aryl methyl sites for hydroxylation is 1. The molecule has 0 spiro atoms. The van der Waals surface area contributed by atoms with E-state index in [0.717, 1.165) is 27.1 Å². The highest BCUT2D eigenvalue weighted by Gasteiger charge is 2.13. The Morgan fingerprint density at radius 1 is 1.20 bits per heavy atom. The number of hydrogen-bond donors (Lipinski definition) is 1. The first-order valence-corrected chi connectivity index (χ1v) is 8.79. The van der Waals surface area contributed by atoms with Gasteiger partial charge in [-0.15, -0.1) is 0 Å². The van der Waals surface area contributed by atoms with Gasteiger partial charge in [-0.2, -0.15) is 5.10 Å². The molecule has 1 aromatic carbocycles. The van der Waals surface area contributed by atoms with Crippen LogP contribution in [-0.2, 0) is 0 Å². The Labute approximate surface area is 155 Å². The fourth-order valence-corrected chi connectivity index (χ4v) is 2.87. The van der Waals surface area contributed by atoms with Crippen molar-refractivity contribution in [2.75, 3.05) is 0 Å². The molecule has 0 saturated carbocycles. The van der Waals surface area contributed by atoms with Crippen molar-refractivity contribution in [3.8, 4) is 5.69 Å². The summed E-state index contributed by atoms with van der Waals surface area (Å²) >= 11 is 3.53. The first kappa shape index (κ1) is 17.4. The Kier molecular flexibility index (Phi) is 4.99. The Hall–Kier alpha value is -2.47. The zero-order valence-corrected chi connectivity index (χ0v) is 15.9. The van der Waals surface area contributed by atoms with Crippen molar-refractivity contribution in [1.82, 2.24) is 20.1 Å². The molecule has 128 valence electrons. The number of rotatable bonds is 4. The lowest BCUT2D eigenvalue weighted by Gasteiger charge is -2.14. The first-order chi connectivity index (χ1) is 12.0. The second-order valence-electron chi connectivity index (χ2n) is 5.92. The summed E-state index contributed by atoms with van der Waals surface area (Å²) in [7, 11) is 0. The second-order valence-corrected chi connectivity index (χ2v) is 6.72. The van der Waals surface area contributed by atoms with E-state index >= 15 is 0 Å². The monoisotopic (exact) mass is 398 g/mol. The summed E-state index contributed by atoms with van der Waals surface area (Å²) in [5, 5.41) is 7.49. The topological polar surface area (TPSA) is 59.8 Å². The van der Waals surface area contributed by atoms with Gasteiger partial charge in [0.1, 0.15) is 0 Å². The number of benzene rings is 1. The molecule has 6 heteroatoms. The number of carbonyl (C=O) groups is 1. The van der Waals surface area contributed by atoms with Crippen LogP contribution in [0.3, 0.4) is 0 Å². The van der Waals surface area contributed by atoms with E-state index in [1.807, 2.05) is 61.9 Å². The molecule has 0 unspecified atom stereocenters. The van der Waals surface area contributed by atoms with Crippen LogP contribution in [-0.4, -0.2) is 20.7 Å². The summed E-state index contributed by atoms with van der Waals surface area (Å²) in [6.07, 6.45) is 3.48. The number of hydrogen-bond acceptors (Lipinski definition) is 3.